The Hall–Kier alpha value is -1.33. The summed E-state index contributed by atoms with van der Waals surface area (Å²) in [6.45, 7) is 0. The van der Waals surface area contributed by atoms with E-state index in [0.29, 0.717) is 12.5 Å². The van der Waals surface area contributed by atoms with E-state index >= 15 is 0 Å². The first-order valence-corrected chi connectivity index (χ1v) is 6.51. The van der Waals surface area contributed by atoms with Gasteiger partial charge >= 0.3 is 0 Å². The molecule has 1 atom stereocenters. The lowest BCUT2D eigenvalue weighted by Crippen LogP contribution is -2.17. The summed E-state index contributed by atoms with van der Waals surface area (Å²) in [5, 5.41) is 12.0. The Kier molecular flexibility index (Phi) is 4.17. The van der Waals surface area contributed by atoms with Gasteiger partial charge in [0.15, 0.2) is 0 Å². The van der Waals surface area contributed by atoms with Gasteiger partial charge < -0.3 is 5.32 Å². The minimum atomic E-state index is 0.321. The van der Waals surface area contributed by atoms with Crippen molar-refractivity contribution in [2.45, 2.75) is 44.6 Å². The van der Waals surface area contributed by atoms with Crippen molar-refractivity contribution in [1.82, 2.24) is 5.32 Å². The van der Waals surface area contributed by atoms with Gasteiger partial charge in [0.2, 0.25) is 0 Å². The highest BCUT2D eigenvalue weighted by molar-refractivity contribution is 5.35. The van der Waals surface area contributed by atoms with E-state index in [1.807, 2.05) is 7.05 Å². The van der Waals surface area contributed by atoms with Crippen molar-refractivity contribution < 1.29 is 0 Å². The molecule has 1 aromatic carbocycles. The Bertz CT molecular complexity index is 417. The number of fused-ring (bicyclic) bond motifs is 1. The summed E-state index contributed by atoms with van der Waals surface area (Å²) in [5.41, 5.74) is 4.38. The van der Waals surface area contributed by atoms with E-state index in [-0.39, 0.29) is 0 Å². The Balaban J connectivity index is 2.17. The molecule has 1 aliphatic carbocycles. The van der Waals surface area contributed by atoms with Gasteiger partial charge in [-0.15, -0.1) is 0 Å². The zero-order valence-electron chi connectivity index (χ0n) is 10.5. The largest absolute Gasteiger partial charge is 0.313 e. The average molecular weight is 228 g/mol. The molecule has 90 valence electrons. The van der Waals surface area contributed by atoms with Crippen molar-refractivity contribution in [3.8, 4) is 6.07 Å². The van der Waals surface area contributed by atoms with E-state index in [1.54, 1.807) is 0 Å². The Labute approximate surface area is 104 Å². The molecule has 0 amide bonds. The number of hydrogen-bond donors (Lipinski definition) is 1. The molecule has 2 nitrogen and oxygen atoms in total. The number of rotatable bonds is 4. The van der Waals surface area contributed by atoms with Gasteiger partial charge in [-0.25, -0.2) is 0 Å². The van der Waals surface area contributed by atoms with Gasteiger partial charge in [0.25, 0.3) is 0 Å². The van der Waals surface area contributed by atoms with Gasteiger partial charge in [0.05, 0.1) is 6.07 Å². The van der Waals surface area contributed by atoms with E-state index in [0.717, 1.165) is 6.42 Å². The molecule has 2 heteroatoms. The number of aryl methyl sites for hydroxylation is 2. The van der Waals surface area contributed by atoms with Crippen LogP contribution in [0.3, 0.4) is 0 Å². The van der Waals surface area contributed by atoms with Crippen molar-refractivity contribution in [1.29, 1.82) is 5.26 Å². The fourth-order valence-corrected chi connectivity index (χ4v) is 2.66. The van der Waals surface area contributed by atoms with Crippen LogP contribution >= 0.6 is 0 Å². The molecule has 0 fully saturated rings. The maximum absolute atomic E-state index is 8.67. The zero-order valence-corrected chi connectivity index (χ0v) is 10.5. The first kappa shape index (κ1) is 12.1. The van der Waals surface area contributed by atoms with Crippen LogP contribution in [0, 0.1) is 11.3 Å². The number of benzene rings is 1. The molecule has 0 saturated carbocycles. The Morgan fingerprint density at radius 1 is 1.29 bits per heavy atom. The Morgan fingerprint density at radius 3 is 2.76 bits per heavy atom. The second-order valence-electron chi connectivity index (χ2n) is 4.77. The molecule has 17 heavy (non-hydrogen) atoms. The molecule has 0 aromatic heterocycles. The van der Waals surface area contributed by atoms with Crippen LogP contribution in [-0.4, -0.2) is 7.05 Å². The normalized spacial score (nSPS) is 16.0. The summed E-state index contributed by atoms with van der Waals surface area (Å²) >= 11 is 0. The van der Waals surface area contributed by atoms with Crippen LogP contribution in [0.5, 0.6) is 0 Å². The molecule has 1 N–H and O–H groups in total. The number of nitrogens with one attached hydrogen (secondary N) is 1. The first-order valence-electron chi connectivity index (χ1n) is 6.51. The molecule has 0 aliphatic heterocycles. The quantitative estimate of drug-likeness (QED) is 0.859. The van der Waals surface area contributed by atoms with E-state index in [4.69, 9.17) is 5.26 Å². The van der Waals surface area contributed by atoms with Crippen LogP contribution < -0.4 is 5.32 Å². The molecular formula is C15H20N2. The van der Waals surface area contributed by atoms with Crippen LogP contribution in [0.15, 0.2) is 18.2 Å². The predicted molar refractivity (Wildman–Crippen MR) is 69.7 cm³/mol. The molecule has 0 heterocycles. The summed E-state index contributed by atoms with van der Waals surface area (Å²) in [5.74, 6) is 0. The van der Waals surface area contributed by atoms with E-state index < -0.39 is 0 Å². The molecule has 0 bridgehead atoms. The fourth-order valence-electron chi connectivity index (χ4n) is 2.66. The topological polar surface area (TPSA) is 35.8 Å². The highest BCUT2D eigenvalue weighted by atomic mass is 14.9. The minimum absolute atomic E-state index is 0.321. The molecule has 1 unspecified atom stereocenters. The molecule has 0 saturated heterocycles. The summed E-state index contributed by atoms with van der Waals surface area (Å²) in [6.07, 6.45) is 6.61. The highest BCUT2D eigenvalue weighted by Crippen LogP contribution is 2.26. The molecular weight excluding hydrogens is 208 g/mol. The van der Waals surface area contributed by atoms with E-state index in [2.05, 4.69) is 29.6 Å². The maximum atomic E-state index is 8.67. The lowest BCUT2D eigenvalue weighted by molar-refractivity contribution is 0.555. The second-order valence-corrected chi connectivity index (χ2v) is 4.77. The Morgan fingerprint density at radius 2 is 2.06 bits per heavy atom. The summed E-state index contributed by atoms with van der Waals surface area (Å²) < 4.78 is 0. The van der Waals surface area contributed by atoms with Crippen molar-refractivity contribution in [3.63, 3.8) is 0 Å². The van der Waals surface area contributed by atoms with Crippen LogP contribution in [0.1, 0.15) is 48.4 Å². The lowest BCUT2D eigenvalue weighted by Gasteiger charge is -2.20. The predicted octanol–water partition coefficient (Wildman–Crippen LogP) is 3.13. The standard InChI is InChI=1S/C15H20N2/c1-17-15(7-4-10-16)14-9-8-12-5-2-3-6-13(12)11-14/h8-9,11,15,17H,2-7H2,1H3. The van der Waals surface area contributed by atoms with Crippen molar-refractivity contribution in [2.75, 3.05) is 7.05 Å². The van der Waals surface area contributed by atoms with Crippen LogP contribution in [0.25, 0.3) is 0 Å². The molecule has 2 rings (SSSR count). The third-order valence-corrected chi connectivity index (χ3v) is 3.67. The van der Waals surface area contributed by atoms with Crippen molar-refractivity contribution in [2.24, 2.45) is 0 Å². The highest BCUT2D eigenvalue weighted by Gasteiger charge is 2.13. The van der Waals surface area contributed by atoms with Gasteiger partial charge in [-0.1, -0.05) is 18.2 Å². The van der Waals surface area contributed by atoms with Gasteiger partial charge in [0.1, 0.15) is 0 Å². The van der Waals surface area contributed by atoms with Crippen molar-refractivity contribution in [3.05, 3.63) is 34.9 Å². The number of nitrogens with zero attached hydrogens (tertiary/aromatic N) is 1. The third kappa shape index (κ3) is 2.87. The third-order valence-electron chi connectivity index (χ3n) is 3.67. The molecule has 1 aromatic rings. The lowest BCUT2D eigenvalue weighted by atomic mass is 9.88. The van der Waals surface area contributed by atoms with Gasteiger partial charge in [-0.3, -0.25) is 0 Å². The molecule has 1 aliphatic rings. The van der Waals surface area contributed by atoms with Crippen LogP contribution in [0.2, 0.25) is 0 Å². The molecule has 0 radical (unpaired) electrons. The first-order chi connectivity index (χ1) is 8.35. The summed E-state index contributed by atoms with van der Waals surface area (Å²) in [4.78, 5) is 0. The van der Waals surface area contributed by atoms with E-state index in [9.17, 15) is 0 Å². The number of nitriles is 1. The average Bonchev–Trinajstić information content (AvgIpc) is 2.39. The zero-order chi connectivity index (χ0) is 12.1. The fraction of sp³-hybridized carbons (Fsp3) is 0.533. The van der Waals surface area contributed by atoms with Gasteiger partial charge in [0, 0.05) is 12.5 Å². The molecule has 0 spiro atoms. The van der Waals surface area contributed by atoms with E-state index in [1.165, 1.54) is 42.4 Å². The monoisotopic (exact) mass is 228 g/mol. The van der Waals surface area contributed by atoms with Gasteiger partial charge in [-0.05, 0) is 55.8 Å². The summed E-state index contributed by atoms with van der Waals surface area (Å²) in [7, 11) is 1.97. The van der Waals surface area contributed by atoms with Gasteiger partial charge in [-0.2, -0.15) is 5.26 Å². The minimum Gasteiger partial charge on any atom is -0.313 e. The SMILES string of the molecule is CNC(CCC#N)c1ccc2c(c1)CCCC2. The number of hydrogen-bond acceptors (Lipinski definition) is 2. The smallest absolute Gasteiger partial charge is 0.0622 e. The second kappa shape index (κ2) is 5.84. The maximum Gasteiger partial charge on any atom is 0.0622 e. The van der Waals surface area contributed by atoms with Crippen LogP contribution in [-0.2, 0) is 12.8 Å². The van der Waals surface area contributed by atoms with Crippen molar-refractivity contribution >= 4 is 0 Å². The van der Waals surface area contributed by atoms with Crippen LogP contribution in [0.4, 0.5) is 0 Å². The summed E-state index contributed by atoms with van der Waals surface area (Å²) in [6, 6.07) is 9.39.